The zero-order chi connectivity index (χ0) is 16.0. The van der Waals surface area contributed by atoms with Crippen LogP contribution in [0.1, 0.15) is 18.4 Å². The fraction of sp³-hybridized carbons (Fsp3) is 0.533. The minimum Gasteiger partial charge on any atom is -0.339 e. The first-order chi connectivity index (χ1) is 10.3. The maximum Gasteiger partial charge on any atom is 0.233 e. The van der Waals surface area contributed by atoms with Crippen LogP contribution in [0, 0.1) is 0 Å². The van der Waals surface area contributed by atoms with Crippen LogP contribution in [0.5, 0.6) is 0 Å². The van der Waals surface area contributed by atoms with Gasteiger partial charge in [-0.1, -0.05) is 23.7 Å². The Bertz CT molecular complexity index is 692. The summed E-state index contributed by atoms with van der Waals surface area (Å²) in [4.78, 5) is 14.7. The Labute approximate surface area is 135 Å². The van der Waals surface area contributed by atoms with Crippen LogP contribution in [0.15, 0.2) is 24.3 Å². The van der Waals surface area contributed by atoms with Crippen LogP contribution in [-0.4, -0.2) is 56.0 Å². The van der Waals surface area contributed by atoms with Crippen molar-refractivity contribution in [3.05, 3.63) is 34.9 Å². The van der Waals surface area contributed by atoms with Gasteiger partial charge in [-0.25, -0.2) is 8.42 Å². The smallest absolute Gasteiger partial charge is 0.233 e. The molecule has 2 fully saturated rings. The Morgan fingerprint density at radius 3 is 2.32 bits per heavy atom. The lowest BCUT2D eigenvalue weighted by Crippen LogP contribution is -2.52. The van der Waals surface area contributed by atoms with Gasteiger partial charge in [0.2, 0.25) is 15.9 Å². The molecule has 1 amide bonds. The van der Waals surface area contributed by atoms with Crippen molar-refractivity contribution in [2.24, 2.45) is 0 Å². The number of piperazine rings is 1. The average molecular weight is 343 g/mol. The molecule has 0 unspecified atom stereocenters. The first-order valence-corrected chi connectivity index (χ1v) is 9.56. The number of rotatable bonds is 3. The molecule has 0 radical (unpaired) electrons. The van der Waals surface area contributed by atoms with E-state index < -0.39 is 15.4 Å². The highest BCUT2D eigenvalue weighted by Crippen LogP contribution is 2.50. The van der Waals surface area contributed by atoms with Gasteiger partial charge in [0, 0.05) is 31.2 Å². The second kappa shape index (κ2) is 5.51. The number of nitrogens with zero attached hydrogens (tertiary/aromatic N) is 2. The monoisotopic (exact) mass is 342 g/mol. The number of amides is 1. The van der Waals surface area contributed by atoms with E-state index in [-0.39, 0.29) is 5.91 Å². The summed E-state index contributed by atoms with van der Waals surface area (Å²) in [6.07, 6.45) is 2.87. The molecule has 7 heteroatoms. The molecule has 1 saturated carbocycles. The Balaban J connectivity index is 1.73. The standard InChI is InChI=1S/C15H19ClN2O3S/c1-22(20,21)18-9-7-17(8-10-18)14(19)15(5-6-15)12-3-2-4-13(16)11-12/h2-4,11H,5-10H2,1H3. The van der Waals surface area contributed by atoms with E-state index in [0.29, 0.717) is 31.2 Å². The topological polar surface area (TPSA) is 57.7 Å². The molecule has 0 bridgehead atoms. The molecule has 0 aromatic heterocycles. The Morgan fingerprint density at radius 2 is 1.82 bits per heavy atom. The van der Waals surface area contributed by atoms with Crippen LogP contribution in [0.3, 0.4) is 0 Å². The van der Waals surface area contributed by atoms with Crippen LogP contribution in [0.2, 0.25) is 5.02 Å². The van der Waals surface area contributed by atoms with Crippen molar-refractivity contribution < 1.29 is 13.2 Å². The van der Waals surface area contributed by atoms with Gasteiger partial charge in [-0.3, -0.25) is 4.79 Å². The van der Waals surface area contributed by atoms with Gasteiger partial charge in [0.05, 0.1) is 11.7 Å². The summed E-state index contributed by atoms with van der Waals surface area (Å²) in [6, 6.07) is 7.48. The highest BCUT2D eigenvalue weighted by atomic mass is 35.5. The predicted octanol–water partition coefficient (Wildman–Crippen LogP) is 1.48. The molecule has 22 heavy (non-hydrogen) atoms. The zero-order valence-corrected chi connectivity index (χ0v) is 14.0. The molecule has 1 aromatic rings. The molecule has 1 aromatic carbocycles. The molecule has 1 aliphatic heterocycles. The van der Waals surface area contributed by atoms with E-state index in [0.717, 1.165) is 18.4 Å². The Morgan fingerprint density at radius 1 is 1.18 bits per heavy atom. The van der Waals surface area contributed by atoms with E-state index in [1.54, 1.807) is 11.0 Å². The third-order valence-corrected chi connectivity index (χ3v) is 6.07. The van der Waals surface area contributed by atoms with Crippen molar-refractivity contribution in [1.82, 2.24) is 9.21 Å². The minimum atomic E-state index is -3.17. The number of halogens is 1. The van der Waals surface area contributed by atoms with E-state index in [1.165, 1.54) is 10.6 Å². The van der Waals surface area contributed by atoms with Crippen LogP contribution in [-0.2, 0) is 20.2 Å². The van der Waals surface area contributed by atoms with Gasteiger partial charge in [-0.05, 0) is 30.5 Å². The summed E-state index contributed by atoms with van der Waals surface area (Å²) in [5, 5.41) is 0.637. The van der Waals surface area contributed by atoms with Crippen molar-refractivity contribution >= 4 is 27.5 Å². The largest absolute Gasteiger partial charge is 0.339 e. The van der Waals surface area contributed by atoms with Gasteiger partial charge in [-0.2, -0.15) is 4.31 Å². The second-order valence-electron chi connectivity index (χ2n) is 6.05. The first kappa shape index (κ1) is 15.8. The van der Waals surface area contributed by atoms with Crippen molar-refractivity contribution in [1.29, 1.82) is 0 Å². The van der Waals surface area contributed by atoms with Crippen LogP contribution >= 0.6 is 11.6 Å². The molecule has 0 spiro atoms. The van der Waals surface area contributed by atoms with Crippen molar-refractivity contribution in [2.45, 2.75) is 18.3 Å². The molecule has 0 N–H and O–H groups in total. The maximum atomic E-state index is 12.9. The summed E-state index contributed by atoms with van der Waals surface area (Å²) >= 11 is 6.04. The summed E-state index contributed by atoms with van der Waals surface area (Å²) in [5.74, 6) is 0.0999. The minimum absolute atomic E-state index is 0.0999. The summed E-state index contributed by atoms with van der Waals surface area (Å²) in [7, 11) is -3.17. The molecular formula is C15H19ClN2O3S. The predicted molar refractivity (Wildman–Crippen MR) is 85.4 cm³/mol. The quantitative estimate of drug-likeness (QED) is 0.836. The maximum absolute atomic E-state index is 12.9. The molecule has 1 heterocycles. The van der Waals surface area contributed by atoms with Crippen LogP contribution in [0.25, 0.3) is 0 Å². The number of sulfonamides is 1. The van der Waals surface area contributed by atoms with Crippen molar-refractivity contribution in [3.8, 4) is 0 Å². The van der Waals surface area contributed by atoms with E-state index in [2.05, 4.69) is 0 Å². The number of benzene rings is 1. The number of hydrogen-bond donors (Lipinski definition) is 0. The molecule has 5 nitrogen and oxygen atoms in total. The molecule has 2 aliphatic rings. The number of carbonyl (C=O) groups is 1. The zero-order valence-electron chi connectivity index (χ0n) is 12.5. The highest BCUT2D eigenvalue weighted by molar-refractivity contribution is 7.88. The van der Waals surface area contributed by atoms with Crippen molar-refractivity contribution in [2.75, 3.05) is 32.4 Å². The van der Waals surface area contributed by atoms with E-state index >= 15 is 0 Å². The van der Waals surface area contributed by atoms with Crippen LogP contribution < -0.4 is 0 Å². The molecule has 0 atom stereocenters. The van der Waals surface area contributed by atoms with Gasteiger partial charge in [0.25, 0.3) is 0 Å². The van der Waals surface area contributed by atoms with Gasteiger partial charge in [0.15, 0.2) is 0 Å². The van der Waals surface area contributed by atoms with Crippen molar-refractivity contribution in [3.63, 3.8) is 0 Å². The van der Waals surface area contributed by atoms with Gasteiger partial charge < -0.3 is 4.90 Å². The molecule has 120 valence electrons. The lowest BCUT2D eigenvalue weighted by Gasteiger charge is -2.35. The molecule has 1 saturated heterocycles. The SMILES string of the molecule is CS(=O)(=O)N1CCN(C(=O)C2(c3cccc(Cl)c3)CC2)CC1. The Hall–Kier alpha value is -1.11. The third-order valence-electron chi connectivity index (χ3n) is 4.53. The van der Waals surface area contributed by atoms with Gasteiger partial charge in [-0.15, -0.1) is 0 Å². The first-order valence-electron chi connectivity index (χ1n) is 7.33. The second-order valence-corrected chi connectivity index (χ2v) is 8.47. The Kier molecular flexibility index (Phi) is 3.95. The molecule has 3 rings (SSSR count). The lowest BCUT2D eigenvalue weighted by molar-refractivity contribution is -0.135. The normalized spacial score (nSPS) is 21.6. The average Bonchev–Trinajstić information content (AvgIpc) is 3.27. The fourth-order valence-electron chi connectivity index (χ4n) is 3.06. The van der Waals surface area contributed by atoms with Gasteiger partial charge >= 0.3 is 0 Å². The van der Waals surface area contributed by atoms with E-state index in [4.69, 9.17) is 11.6 Å². The number of carbonyl (C=O) groups excluding carboxylic acids is 1. The van der Waals surface area contributed by atoms with E-state index in [1.807, 2.05) is 18.2 Å². The highest BCUT2D eigenvalue weighted by Gasteiger charge is 2.53. The summed E-state index contributed by atoms with van der Waals surface area (Å²) in [6.45, 7) is 1.65. The molecule has 1 aliphatic carbocycles. The summed E-state index contributed by atoms with van der Waals surface area (Å²) < 4.78 is 24.5. The van der Waals surface area contributed by atoms with Crippen LogP contribution in [0.4, 0.5) is 0 Å². The third kappa shape index (κ3) is 2.87. The van der Waals surface area contributed by atoms with E-state index in [9.17, 15) is 13.2 Å². The summed E-state index contributed by atoms with van der Waals surface area (Å²) in [5.41, 5.74) is 0.522. The fourth-order valence-corrected chi connectivity index (χ4v) is 4.08. The molecular weight excluding hydrogens is 324 g/mol. The lowest BCUT2D eigenvalue weighted by atomic mass is 9.94. The number of hydrogen-bond acceptors (Lipinski definition) is 3. The van der Waals surface area contributed by atoms with Gasteiger partial charge in [0.1, 0.15) is 0 Å².